The van der Waals surface area contributed by atoms with Crippen LogP contribution < -0.4 is 0 Å². The number of rotatable bonds is 5. The molecule has 1 saturated heterocycles. The summed E-state index contributed by atoms with van der Waals surface area (Å²) in [4.78, 5) is 9.54. The molecular weight excluding hydrogens is 266 g/mol. The van der Waals surface area contributed by atoms with E-state index in [9.17, 15) is 5.11 Å². The van der Waals surface area contributed by atoms with Crippen LogP contribution in [0.5, 0.6) is 5.75 Å². The van der Waals surface area contributed by atoms with E-state index in [1.54, 1.807) is 18.5 Å². The second kappa shape index (κ2) is 6.74. The van der Waals surface area contributed by atoms with Crippen molar-refractivity contribution in [3.8, 4) is 5.75 Å². The number of imidazole rings is 1. The van der Waals surface area contributed by atoms with Gasteiger partial charge in [0.15, 0.2) is 0 Å². The summed E-state index contributed by atoms with van der Waals surface area (Å²) >= 11 is 0. The quantitative estimate of drug-likeness (QED) is 0.886. The summed E-state index contributed by atoms with van der Waals surface area (Å²) < 4.78 is 5.90. The number of ether oxygens (including phenoxy) is 1. The van der Waals surface area contributed by atoms with E-state index in [4.69, 9.17) is 4.74 Å². The monoisotopic (exact) mass is 287 g/mol. The van der Waals surface area contributed by atoms with E-state index in [1.165, 1.54) is 5.56 Å². The fraction of sp³-hybridized carbons (Fsp3) is 0.438. The maximum absolute atomic E-state index is 9.30. The highest BCUT2D eigenvalue weighted by Crippen LogP contribution is 2.18. The number of phenolic OH excluding ortho intramolecular Hbond substituents is 1. The van der Waals surface area contributed by atoms with E-state index in [0.717, 1.165) is 38.2 Å². The standard InChI is InChI=1S/C16H21N3O2/c20-15-3-1-13(2-4-15)10-19-7-5-16(6-8-19)21-11-14-9-17-12-18-14/h1-4,9,12,16,20H,5-8,10-11H2,(H,17,18). The van der Waals surface area contributed by atoms with Crippen molar-refractivity contribution in [2.24, 2.45) is 0 Å². The van der Waals surface area contributed by atoms with Crippen molar-refractivity contribution in [1.29, 1.82) is 0 Å². The van der Waals surface area contributed by atoms with Crippen molar-refractivity contribution in [3.63, 3.8) is 0 Å². The minimum Gasteiger partial charge on any atom is -0.508 e. The Morgan fingerprint density at radius 2 is 2.00 bits per heavy atom. The van der Waals surface area contributed by atoms with Gasteiger partial charge in [-0.15, -0.1) is 0 Å². The zero-order chi connectivity index (χ0) is 14.5. The Hall–Kier alpha value is -1.85. The number of aromatic hydroxyl groups is 1. The average molecular weight is 287 g/mol. The van der Waals surface area contributed by atoms with Crippen LogP contribution in [0.2, 0.25) is 0 Å². The normalized spacial score (nSPS) is 17.1. The summed E-state index contributed by atoms with van der Waals surface area (Å²) in [5, 5.41) is 9.30. The van der Waals surface area contributed by atoms with Gasteiger partial charge in [0.25, 0.3) is 0 Å². The molecule has 0 amide bonds. The van der Waals surface area contributed by atoms with Crippen LogP contribution in [0.4, 0.5) is 0 Å². The van der Waals surface area contributed by atoms with Gasteiger partial charge in [0.2, 0.25) is 0 Å². The molecule has 21 heavy (non-hydrogen) atoms. The fourth-order valence-electron chi connectivity index (χ4n) is 2.67. The van der Waals surface area contributed by atoms with Crippen LogP contribution in [0, 0.1) is 0 Å². The van der Waals surface area contributed by atoms with Gasteiger partial charge in [-0.05, 0) is 30.5 Å². The molecule has 1 aromatic carbocycles. The van der Waals surface area contributed by atoms with Crippen LogP contribution in [-0.2, 0) is 17.9 Å². The van der Waals surface area contributed by atoms with Gasteiger partial charge in [0.05, 0.1) is 24.7 Å². The molecule has 112 valence electrons. The third-order valence-electron chi connectivity index (χ3n) is 3.90. The molecule has 0 radical (unpaired) electrons. The molecule has 1 aromatic heterocycles. The molecule has 0 atom stereocenters. The lowest BCUT2D eigenvalue weighted by Gasteiger charge is -2.31. The van der Waals surface area contributed by atoms with Crippen molar-refractivity contribution in [2.75, 3.05) is 13.1 Å². The van der Waals surface area contributed by atoms with Crippen LogP contribution >= 0.6 is 0 Å². The van der Waals surface area contributed by atoms with Gasteiger partial charge in [-0.25, -0.2) is 4.98 Å². The van der Waals surface area contributed by atoms with Gasteiger partial charge in [0.1, 0.15) is 5.75 Å². The number of H-pyrrole nitrogens is 1. The molecule has 0 spiro atoms. The molecule has 0 aliphatic carbocycles. The molecule has 2 N–H and O–H groups in total. The number of piperidine rings is 1. The van der Waals surface area contributed by atoms with Crippen LogP contribution in [-0.4, -0.2) is 39.2 Å². The van der Waals surface area contributed by atoms with Crippen LogP contribution in [0.25, 0.3) is 0 Å². The minimum absolute atomic E-state index is 0.323. The average Bonchev–Trinajstić information content (AvgIpc) is 3.02. The number of hydrogen-bond donors (Lipinski definition) is 2. The van der Waals surface area contributed by atoms with Crippen molar-refractivity contribution in [1.82, 2.24) is 14.9 Å². The van der Waals surface area contributed by atoms with Crippen LogP contribution in [0.1, 0.15) is 24.1 Å². The molecule has 0 saturated carbocycles. The van der Waals surface area contributed by atoms with Crippen LogP contribution in [0.3, 0.4) is 0 Å². The zero-order valence-corrected chi connectivity index (χ0v) is 12.0. The van der Waals surface area contributed by atoms with E-state index >= 15 is 0 Å². The van der Waals surface area contributed by atoms with Crippen molar-refractivity contribution < 1.29 is 9.84 Å². The van der Waals surface area contributed by atoms with Gasteiger partial charge in [-0.3, -0.25) is 4.90 Å². The summed E-state index contributed by atoms with van der Waals surface area (Å²) in [7, 11) is 0. The topological polar surface area (TPSA) is 61.4 Å². The highest BCUT2D eigenvalue weighted by Gasteiger charge is 2.19. The van der Waals surface area contributed by atoms with Gasteiger partial charge >= 0.3 is 0 Å². The maximum atomic E-state index is 9.30. The van der Waals surface area contributed by atoms with E-state index in [0.29, 0.717) is 18.5 Å². The Labute approximate surface area is 124 Å². The van der Waals surface area contributed by atoms with Gasteiger partial charge in [0, 0.05) is 25.8 Å². The Kier molecular flexibility index (Phi) is 4.52. The Balaban J connectivity index is 1.41. The van der Waals surface area contributed by atoms with E-state index < -0.39 is 0 Å². The molecule has 0 unspecified atom stereocenters. The first-order chi connectivity index (χ1) is 10.3. The molecule has 2 heterocycles. The maximum Gasteiger partial charge on any atom is 0.115 e. The molecule has 5 nitrogen and oxygen atoms in total. The highest BCUT2D eigenvalue weighted by atomic mass is 16.5. The number of nitrogens with zero attached hydrogens (tertiary/aromatic N) is 2. The molecular formula is C16H21N3O2. The SMILES string of the molecule is Oc1ccc(CN2CCC(OCc3c[nH]cn3)CC2)cc1. The molecule has 2 aromatic rings. The fourth-order valence-corrected chi connectivity index (χ4v) is 2.67. The van der Waals surface area contributed by atoms with Crippen LogP contribution in [0.15, 0.2) is 36.8 Å². The number of aromatic nitrogens is 2. The lowest BCUT2D eigenvalue weighted by Crippen LogP contribution is -2.36. The number of phenols is 1. The van der Waals surface area contributed by atoms with Crippen molar-refractivity contribution in [2.45, 2.75) is 32.1 Å². The Morgan fingerprint density at radius 1 is 1.24 bits per heavy atom. The first-order valence-electron chi connectivity index (χ1n) is 7.39. The first-order valence-corrected chi connectivity index (χ1v) is 7.39. The third-order valence-corrected chi connectivity index (χ3v) is 3.90. The van der Waals surface area contributed by atoms with E-state index in [-0.39, 0.29) is 0 Å². The van der Waals surface area contributed by atoms with E-state index in [2.05, 4.69) is 14.9 Å². The molecule has 1 fully saturated rings. The minimum atomic E-state index is 0.323. The highest BCUT2D eigenvalue weighted by molar-refractivity contribution is 5.25. The molecule has 3 rings (SSSR count). The summed E-state index contributed by atoms with van der Waals surface area (Å²) in [5.41, 5.74) is 2.20. The lowest BCUT2D eigenvalue weighted by atomic mass is 10.1. The number of likely N-dealkylation sites (tertiary alicyclic amines) is 1. The summed E-state index contributed by atoms with van der Waals surface area (Å²) in [6.07, 6.45) is 6.00. The first kappa shape index (κ1) is 14.1. The molecule has 5 heteroatoms. The lowest BCUT2D eigenvalue weighted by molar-refractivity contribution is -0.00511. The smallest absolute Gasteiger partial charge is 0.115 e. The number of aromatic amines is 1. The Bertz CT molecular complexity index is 531. The van der Waals surface area contributed by atoms with Gasteiger partial charge in [-0.1, -0.05) is 12.1 Å². The molecule has 0 bridgehead atoms. The predicted octanol–water partition coefficient (Wildman–Crippen LogP) is 2.30. The summed E-state index contributed by atoms with van der Waals surface area (Å²) in [5.74, 6) is 0.323. The summed E-state index contributed by atoms with van der Waals surface area (Å²) in [6.45, 7) is 3.62. The zero-order valence-electron chi connectivity index (χ0n) is 12.0. The Morgan fingerprint density at radius 3 is 2.67 bits per heavy atom. The number of benzene rings is 1. The third kappa shape index (κ3) is 4.06. The number of hydrogen-bond acceptors (Lipinski definition) is 4. The predicted molar refractivity (Wildman–Crippen MR) is 79.8 cm³/mol. The van der Waals surface area contributed by atoms with E-state index in [1.807, 2.05) is 18.3 Å². The van der Waals surface area contributed by atoms with Gasteiger partial charge in [-0.2, -0.15) is 0 Å². The van der Waals surface area contributed by atoms with Crippen molar-refractivity contribution >= 4 is 0 Å². The van der Waals surface area contributed by atoms with Crippen molar-refractivity contribution in [3.05, 3.63) is 48.0 Å². The second-order valence-corrected chi connectivity index (χ2v) is 5.51. The van der Waals surface area contributed by atoms with Gasteiger partial charge < -0.3 is 14.8 Å². The molecule has 1 aliphatic rings. The molecule has 1 aliphatic heterocycles. The largest absolute Gasteiger partial charge is 0.508 e. The number of nitrogens with one attached hydrogen (secondary N) is 1. The second-order valence-electron chi connectivity index (χ2n) is 5.51. The summed E-state index contributed by atoms with van der Waals surface area (Å²) in [6, 6.07) is 7.45.